The van der Waals surface area contributed by atoms with Crippen LogP contribution in [0.3, 0.4) is 0 Å². The third-order valence-electron chi connectivity index (χ3n) is 3.72. The van der Waals surface area contributed by atoms with Gasteiger partial charge < -0.3 is 9.29 Å². The highest BCUT2D eigenvalue weighted by Gasteiger charge is 2.13. The molecular formula is C18H13FO4S. The minimum absolute atomic E-state index is 0.247. The van der Waals surface area contributed by atoms with Crippen LogP contribution >= 0.6 is 0 Å². The van der Waals surface area contributed by atoms with Crippen molar-refractivity contribution in [1.29, 1.82) is 0 Å². The molecule has 1 unspecified atom stereocenters. The largest absolute Gasteiger partial charge is 0.456 e. The van der Waals surface area contributed by atoms with Gasteiger partial charge in [0.1, 0.15) is 23.6 Å². The first-order valence-corrected chi connectivity index (χ1v) is 8.17. The summed E-state index contributed by atoms with van der Waals surface area (Å²) in [6, 6.07) is 12.0. The number of ether oxygens (including phenoxy) is 1. The lowest BCUT2D eigenvalue weighted by Gasteiger charge is -2.14. The minimum atomic E-state index is -2.07. The highest BCUT2D eigenvalue weighted by Crippen LogP contribution is 2.35. The first kappa shape index (κ1) is 16.3. The molecule has 3 rings (SSSR count). The summed E-state index contributed by atoms with van der Waals surface area (Å²) in [6.07, 6.45) is 0.725. The summed E-state index contributed by atoms with van der Waals surface area (Å²) in [5, 5.41) is 1.24. The Hall–Kier alpha value is -2.57. The van der Waals surface area contributed by atoms with Gasteiger partial charge in [0.2, 0.25) is 0 Å². The summed E-state index contributed by atoms with van der Waals surface area (Å²) >= 11 is -2.07. The van der Waals surface area contributed by atoms with Gasteiger partial charge in [-0.05, 0) is 54.8 Å². The summed E-state index contributed by atoms with van der Waals surface area (Å²) in [5.74, 6) is 0.393. The van der Waals surface area contributed by atoms with Crippen molar-refractivity contribution in [2.75, 3.05) is 0 Å². The van der Waals surface area contributed by atoms with E-state index < -0.39 is 16.9 Å². The Morgan fingerprint density at radius 3 is 2.46 bits per heavy atom. The van der Waals surface area contributed by atoms with Crippen molar-refractivity contribution in [1.82, 2.24) is 0 Å². The first-order valence-electron chi connectivity index (χ1n) is 7.06. The smallest absolute Gasteiger partial charge is 0.186 e. The van der Waals surface area contributed by atoms with Crippen LogP contribution in [0.5, 0.6) is 11.5 Å². The highest BCUT2D eigenvalue weighted by atomic mass is 32.2. The standard InChI is InChI=1S/C18H13FO4S/c1-11-13(10-20)8-12-2-3-14(19)9-17(12)18(11)23-15-4-6-16(7-5-15)24(21)22/h2-10H,1H3,(H,21,22). The molecule has 3 aromatic rings. The molecule has 0 saturated heterocycles. The lowest BCUT2D eigenvalue weighted by atomic mass is 10.0. The van der Waals surface area contributed by atoms with Gasteiger partial charge in [0, 0.05) is 16.5 Å². The van der Waals surface area contributed by atoms with Gasteiger partial charge >= 0.3 is 0 Å². The molecule has 0 fully saturated rings. The van der Waals surface area contributed by atoms with Crippen LogP contribution in [0.15, 0.2) is 53.4 Å². The number of hydrogen-bond donors (Lipinski definition) is 1. The normalized spacial score (nSPS) is 12.1. The Bertz CT molecular complexity index is 951. The zero-order valence-electron chi connectivity index (χ0n) is 12.7. The summed E-state index contributed by atoms with van der Waals surface area (Å²) in [4.78, 5) is 11.5. The molecule has 3 aromatic carbocycles. The Morgan fingerprint density at radius 1 is 1.12 bits per heavy atom. The fraction of sp³-hybridized carbons (Fsp3) is 0.0556. The third-order valence-corrected chi connectivity index (χ3v) is 4.39. The fourth-order valence-corrected chi connectivity index (χ4v) is 2.82. The molecule has 0 aliphatic heterocycles. The number of hydrogen-bond acceptors (Lipinski definition) is 3. The average Bonchev–Trinajstić information content (AvgIpc) is 2.58. The van der Waals surface area contributed by atoms with Crippen molar-refractivity contribution in [2.45, 2.75) is 11.8 Å². The van der Waals surface area contributed by atoms with Crippen molar-refractivity contribution in [3.63, 3.8) is 0 Å². The van der Waals surface area contributed by atoms with Crippen LogP contribution in [0.4, 0.5) is 4.39 Å². The second-order valence-corrected chi connectivity index (χ2v) is 6.20. The van der Waals surface area contributed by atoms with E-state index in [4.69, 9.17) is 9.29 Å². The Kier molecular flexibility index (Phi) is 4.42. The second kappa shape index (κ2) is 6.51. The Morgan fingerprint density at radius 2 is 1.83 bits per heavy atom. The first-order chi connectivity index (χ1) is 11.5. The quantitative estimate of drug-likeness (QED) is 0.560. The Labute approximate surface area is 140 Å². The van der Waals surface area contributed by atoms with E-state index >= 15 is 0 Å². The average molecular weight is 344 g/mol. The monoisotopic (exact) mass is 344 g/mol. The number of rotatable bonds is 4. The summed E-state index contributed by atoms with van der Waals surface area (Å²) in [6.45, 7) is 1.72. The van der Waals surface area contributed by atoms with Crippen LogP contribution in [-0.2, 0) is 11.1 Å². The van der Waals surface area contributed by atoms with Crippen molar-refractivity contribution in [3.8, 4) is 11.5 Å². The zero-order valence-corrected chi connectivity index (χ0v) is 13.5. The van der Waals surface area contributed by atoms with Crippen LogP contribution in [0, 0.1) is 12.7 Å². The van der Waals surface area contributed by atoms with Crippen molar-refractivity contribution in [2.24, 2.45) is 0 Å². The predicted molar refractivity (Wildman–Crippen MR) is 89.6 cm³/mol. The van der Waals surface area contributed by atoms with Crippen LogP contribution in [-0.4, -0.2) is 15.0 Å². The summed E-state index contributed by atoms with van der Waals surface area (Å²) in [5.41, 5.74) is 1.05. The van der Waals surface area contributed by atoms with E-state index in [9.17, 15) is 13.4 Å². The van der Waals surface area contributed by atoms with Crippen LogP contribution in [0.25, 0.3) is 10.8 Å². The van der Waals surface area contributed by atoms with Crippen molar-refractivity contribution >= 4 is 28.1 Å². The van der Waals surface area contributed by atoms with E-state index in [1.807, 2.05) is 0 Å². The molecule has 0 heterocycles. The molecule has 0 bridgehead atoms. The van der Waals surface area contributed by atoms with Gasteiger partial charge in [-0.1, -0.05) is 6.07 Å². The van der Waals surface area contributed by atoms with Crippen molar-refractivity contribution < 1.29 is 22.7 Å². The van der Waals surface area contributed by atoms with Gasteiger partial charge in [-0.3, -0.25) is 4.79 Å². The maximum atomic E-state index is 13.6. The van der Waals surface area contributed by atoms with E-state index in [-0.39, 0.29) is 4.90 Å². The molecule has 6 heteroatoms. The molecule has 0 amide bonds. The lowest BCUT2D eigenvalue weighted by molar-refractivity contribution is 0.112. The molecule has 0 aliphatic carbocycles. The minimum Gasteiger partial charge on any atom is -0.456 e. The fourth-order valence-electron chi connectivity index (χ4n) is 2.46. The zero-order chi connectivity index (χ0) is 17.3. The number of carbonyl (C=O) groups is 1. The molecule has 0 saturated carbocycles. The van der Waals surface area contributed by atoms with E-state index in [0.717, 1.165) is 6.29 Å². The van der Waals surface area contributed by atoms with E-state index in [2.05, 4.69) is 0 Å². The number of benzene rings is 3. The molecule has 24 heavy (non-hydrogen) atoms. The van der Waals surface area contributed by atoms with E-state index in [0.29, 0.717) is 33.4 Å². The van der Waals surface area contributed by atoms with Gasteiger partial charge in [0.05, 0.1) is 4.90 Å². The van der Waals surface area contributed by atoms with Crippen LogP contribution < -0.4 is 4.74 Å². The molecule has 0 aromatic heterocycles. The molecular weight excluding hydrogens is 331 g/mol. The summed E-state index contributed by atoms with van der Waals surface area (Å²) in [7, 11) is 0. The van der Waals surface area contributed by atoms with Crippen molar-refractivity contribution in [3.05, 3.63) is 65.5 Å². The second-order valence-electron chi connectivity index (χ2n) is 5.23. The van der Waals surface area contributed by atoms with Gasteiger partial charge in [-0.25, -0.2) is 8.60 Å². The predicted octanol–water partition coefficient (Wildman–Crippen LogP) is 4.47. The molecule has 1 atom stereocenters. The van der Waals surface area contributed by atoms with Gasteiger partial charge in [-0.2, -0.15) is 0 Å². The third kappa shape index (κ3) is 3.06. The number of halogens is 1. The van der Waals surface area contributed by atoms with Gasteiger partial charge in [0.15, 0.2) is 11.1 Å². The van der Waals surface area contributed by atoms with E-state index in [1.165, 1.54) is 24.3 Å². The molecule has 4 nitrogen and oxygen atoms in total. The highest BCUT2D eigenvalue weighted by molar-refractivity contribution is 7.79. The number of carbonyl (C=O) groups excluding carboxylic acids is 1. The van der Waals surface area contributed by atoms with Gasteiger partial charge in [0.25, 0.3) is 0 Å². The number of aldehydes is 1. The SMILES string of the molecule is Cc1c(C=O)cc2ccc(F)cc2c1Oc1ccc(S(=O)O)cc1. The maximum absolute atomic E-state index is 13.6. The molecule has 0 aliphatic rings. The lowest BCUT2D eigenvalue weighted by Crippen LogP contribution is -1.96. The van der Waals surface area contributed by atoms with Crippen LogP contribution in [0.2, 0.25) is 0 Å². The van der Waals surface area contributed by atoms with Crippen LogP contribution in [0.1, 0.15) is 15.9 Å². The van der Waals surface area contributed by atoms with Gasteiger partial charge in [-0.15, -0.1) is 0 Å². The molecule has 0 radical (unpaired) electrons. The molecule has 0 spiro atoms. The Balaban J connectivity index is 2.13. The molecule has 122 valence electrons. The van der Waals surface area contributed by atoms with E-state index in [1.54, 1.807) is 31.2 Å². The topological polar surface area (TPSA) is 63.6 Å². The number of fused-ring (bicyclic) bond motifs is 1. The summed E-state index contributed by atoms with van der Waals surface area (Å²) < 4.78 is 39.5. The maximum Gasteiger partial charge on any atom is 0.186 e. The molecule has 1 N–H and O–H groups in total.